The second-order valence-corrected chi connectivity index (χ2v) is 8.08. The van der Waals surface area contributed by atoms with Crippen LogP contribution in [0.5, 0.6) is 11.5 Å². The highest BCUT2D eigenvalue weighted by atomic mass is 35.5. The molecule has 0 aromatic heterocycles. The van der Waals surface area contributed by atoms with Gasteiger partial charge in [0.1, 0.15) is 6.61 Å². The molecular formula is C24H33ClN2O2. The van der Waals surface area contributed by atoms with Crippen LogP contribution in [0.4, 0.5) is 0 Å². The Labute approximate surface area is 180 Å². The first kappa shape index (κ1) is 21.9. The van der Waals surface area contributed by atoms with Gasteiger partial charge in [0.15, 0.2) is 11.5 Å². The van der Waals surface area contributed by atoms with Crippen molar-refractivity contribution in [2.45, 2.75) is 52.8 Å². The molecule has 0 aliphatic carbocycles. The number of halogens is 1. The molecule has 1 N–H and O–H groups in total. The van der Waals surface area contributed by atoms with Crippen LogP contribution in [0.1, 0.15) is 43.4 Å². The number of rotatable bonds is 10. The summed E-state index contributed by atoms with van der Waals surface area (Å²) < 4.78 is 11.9. The molecule has 1 aliphatic rings. The standard InChI is InChI=1S/C24H33ClN2O2/c1-4-27-11-7-10-21(27)16-26-15-20-13-22(25)24(23(14-20)28-5-2)29-17-19-9-6-8-18(3)12-19/h6,8-9,12-14,21,26H,4-5,7,10-11,15-17H2,1-3H3/t21-/m1/s1. The first-order chi connectivity index (χ1) is 14.1. The molecule has 2 aromatic carbocycles. The van der Waals surface area contributed by atoms with Crippen molar-refractivity contribution in [2.24, 2.45) is 0 Å². The molecule has 2 aromatic rings. The number of ether oxygens (including phenoxy) is 2. The Morgan fingerprint density at radius 1 is 1.14 bits per heavy atom. The van der Waals surface area contributed by atoms with E-state index in [1.54, 1.807) is 0 Å². The van der Waals surface area contributed by atoms with Crippen molar-refractivity contribution >= 4 is 11.6 Å². The monoisotopic (exact) mass is 416 g/mol. The fourth-order valence-corrected chi connectivity index (χ4v) is 4.30. The van der Waals surface area contributed by atoms with E-state index >= 15 is 0 Å². The number of benzene rings is 2. The van der Waals surface area contributed by atoms with Crippen molar-refractivity contribution in [1.82, 2.24) is 10.2 Å². The van der Waals surface area contributed by atoms with Gasteiger partial charge in [0.25, 0.3) is 0 Å². The Hall–Kier alpha value is -1.75. The van der Waals surface area contributed by atoms with Crippen molar-refractivity contribution in [3.8, 4) is 11.5 Å². The van der Waals surface area contributed by atoms with Gasteiger partial charge in [0.2, 0.25) is 0 Å². The molecule has 0 radical (unpaired) electrons. The van der Waals surface area contributed by atoms with Crippen molar-refractivity contribution in [3.05, 3.63) is 58.1 Å². The molecule has 0 saturated carbocycles. The van der Waals surface area contributed by atoms with E-state index in [0.717, 1.165) is 30.8 Å². The van der Waals surface area contributed by atoms with E-state index in [-0.39, 0.29) is 0 Å². The first-order valence-corrected chi connectivity index (χ1v) is 11.1. The maximum absolute atomic E-state index is 6.58. The number of hydrogen-bond acceptors (Lipinski definition) is 4. The van der Waals surface area contributed by atoms with Crippen LogP contribution in [0, 0.1) is 6.92 Å². The Bertz CT molecular complexity index is 796. The van der Waals surface area contributed by atoms with Crippen LogP contribution >= 0.6 is 11.6 Å². The van der Waals surface area contributed by atoms with E-state index in [1.807, 2.05) is 25.1 Å². The lowest BCUT2D eigenvalue weighted by atomic mass is 10.1. The third-order valence-electron chi connectivity index (χ3n) is 5.45. The topological polar surface area (TPSA) is 33.7 Å². The van der Waals surface area contributed by atoms with E-state index in [9.17, 15) is 0 Å². The Morgan fingerprint density at radius 2 is 2.00 bits per heavy atom. The zero-order chi connectivity index (χ0) is 20.6. The largest absolute Gasteiger partial charge is 0.490 e. The predicted octanol–water partition coefficient (Wildman–Crippen LogP) is 5.20. The van der Waals surface area contributed by atoms with Gasteiger partial charge >= 0.3 is 0 Å². The van der Waals surface area contributed by atoms with Gasteiger partial charge in [-0.25, -0.2) is 0 Å². The smallest absolute Gasteiger partial charge is 0.180 e. The summed E-state index contributed by atoms with van der Waals surface area (Å²) >= 11 is 6.58. The number of nitrogens with zero attached hydrogens (tertiary/aromatic N) is 1. The van der Waals surface area contributed by atoms with Crippen molar-refractivity contribution in [1.29, 1.82) is 0 Å². The molecule has 1 saturated heterocycles. The second kappa shape index (κ2) is 10.9. The van der Waals surface area contributed by atoms with Crippen LogP contribution < -0.4 is 14.8 Å². The van der Waals surface area contributed by atoms with Crippen LogP contribution in [0.2, 0.25) is 5.02 Å². The predicted molar refractivity (Wildman–Crippen MR) is 120 cm³/mol. The molecule has 0 spiro atoms. The SMILES string of the molecule is CCOc1cc(CNC[C@H]2CCCN2CC)cc(Cl)c1OCc1cccc(C)c1. The van der Waals surface area contributed by atoms with Gasteiger partial charge < -0.3 is 14.8 Å². The molecule has 1 fully saturated rings. The summed E-state index contributed by atoms with van der Waals surface area (Å²) in [5.74, 6) is 1.33. The van der Waals surface area contributed by atoms with E-state index < -0.39 is 0 Å². The summed E-state index contributed by atoms with van der Waals surface area (Å²) in [7, 11) is 0. The molecule has 4 nitrogen and oxygen atoms in total. The normalized spacial score (nSPS) is 16.9. The van der Waals surface area contributed by atoms with E-state index in [1.165, 1.54) is 24.9 Å². The average Bonchev–Trinajstić information content (AvgIpc) is 3.15. The highest BCUT2D eigenvalue weighted by molar-refractivity contribution is 6.32. The molecule has 3 rings (SSSR count). The van der Waals surface area contributed by atoms with Gasteiger partial charge in [-0.15, -0.1) is 0 Å². The van der Waals surface area contributed by atoms with Crippen LogP contribution in [0.25, 0.3) is 0 Å². The van der Waals surface area contributed by atoms with Gasteiger partial charge in [0.05, 0.1) is 11.6 Å². The lowest BCUT2D eigenvalue weighted by Crippen LogP contribution is -2.37. The van der Waals surface area contributed by atoms with Crippen LogP contribution in [-0.4, -0.2) is 37.2 Å². The highest BCUT2D eigenvalue weighted by Gasteiger charge is 2.22. The quantitative estimate of drug-likeness (QED) is 0.577. The minimum absolute atomic E-state index is 0.466. The Kier molecular flexibility index (Phi) is 8.22. The zero-order valence-electron chi connectivity index (χ0n) is 17.8. The van der Waals surface area contributed by atoms with Crippen molar-refractivity contribution < 1.29 is 9.47 Å². The van der Waals surface area contributed by atoms with Crippen LogP contribution in [-0.2, 0) is 13.2 Å². The highest BCUT2D eigenvalue weighted by Crippen LogP contribution is 2.37. The molecule has 0 amide bonds. The molecule has 1 atom stereocenters. The third kappa shape index (κ3) is 6.11. The van der Waals surface area contributed by atoms with Crippen LogP contribution in [0.15, 0.2) is 36.4 Å². The fraction of sp³-hybridized carbons (Fsp3) is 0.500. The summed E-state index contributed by atoms with van der Waals surface area (Å²) in [4.78, 5) is 2.55. The molecule has 0 unspecified atom stereocenters. The number of likely N-dealkylation sites (N-methyl/N-ethyl adjacent to an activating group) is 1. The molecular weight excluding hydrogens is 384 g/mol. The van der Waals surface area contributed by atoms with E-state index in [0.29, 0.717) is 35.8 Å². The van der Waals surface area contributed by atoms with Gasteiger partial charge in [-0.3, -0.25) is 4.90 Å². The summed E-state index contributed by atoms with van der Waals surface area (Å²) in [5.41, 5.74) is 3.45. The molecule has 1 heterocycles. The molecule has 5 heteroatoms. The first-order valence-electron chi connectivity index (χ1n) is 10.7. The van der Waals surface area contributed by atoms with Crippen molar-refractivity contribution in [2.75, 3.05) is 26.2 Å². The summed E-state index contributed by atoms with van der Waals surface area (Å²) in [6.45, 7) is 11.4. The summed E-state index contributed by atoms with van der Waals surface area (Å²) in [6, 6.07) is 13.0. The van der Waals surface area contributed by atoms with E-state index in [2.05, 4.69) is 42.3 Å². The molecule has 158 valence electrons. The van der Waals surface area contributed by atoms with Gasteiger partial charge in [-0.05, 0) is 63.0 Å². The number of hydrogen-bond donors (Lipinski definition) is 1. The average molecular weight is 417 g/mol. The van der Waals surface area contributed by atoms with Gasteiger partial charge in [-0.2, -0.15) is 0 Å². The van der Waals surface area contributed by atoms with Crippen LogP contribution in [0.3, 0.4) is 0 Å². The minimum atomic E-state index is 0.466. The van der Waals surface area contributed by atoms with Crippen molar-refractivity contribution in [3.63, 3.8) is 0 Å². The Morgan fingerprint density at radius 3 is 2.76 bits per heavy atom. The minimum Gasteiger partial charge on any atom is -0.490 e. The lowest BCUT2D eigenvalue weighted by molar-refractivity contribution is 0.259. The number of aryl methyl sites for hydroxylation is 1. The van der Waals surface area contributed by atoms with E-state index in [4.69, 9.17) is 21.1 Å². The fourth-order valence-electron chi connectivity index (χ4n) is 4.01. The summed E-state index contributed by atoms with van der Waals surface area (Å²) in [5, 5.41) is 4.19. The number of likely N-dealkylation sites (tertiary alicyclic amines) is 1. The van der Waals surface area contributed by atoms with Gasteiger partial charge in [-0.1, -0.05) is 48.4 Å². The molecule has 0 bridgehead atoms. The molecule has 1 aliphatic heterocycles. The second-order valence-electron chi connectivity index (χ2n) is 7.67. The third-order valence-corrected chi connectivity index (χ3v) is 5.73. The Balaban J connectivity index is 1.64. The lowest BCUT2D eigenvalue weighted by Gasteiger charge is -2.23. The number of nitrogens with one attached hydrogen (secondary N) is 1. The van der Waals surface area contributed by atoms with Gasteiger partial charge in [0, 0.05) is 19.1 Å². The maximum atomic E-state index is 6.58. The maximum Gasteiger partial charge on any atom is 0.180 e. The zero-order valence-corrected chi connectivity index (χ0v) is 18.6. The summed E-state index contributed by atoms with van der Waals surface area (Å²) in [6.07, 6.45) is 2.57. The molecule has 29 heavy (non-hydrogen) atoms.